The van der Waals surface area contributed by atoms with E-state index in [9.17, 15) is 9.59 Å². The molecule has 138 valence electrons. The van der Waals surface area contributed by atoms with Gasteiger partial charge in [-0.1, -0.05) is 55.5 Å². The van der Waals surface area contributed by atoms with E-state index in [0.717, 1.165) is 22.9 Å². The van der Waals surface area contributed by atoms with Gasteiger partial charge in [0.15, 0.2) is 0 Å². The molecule has 2 saturated heterocycles. The maximum Gasteiger partial charge on any atom is 0.312 e. The highest BCUT2D eigenvalue weighted by molar-refractivity contribution is 6.08. The van der Waals surface area contributed by atoms with E-state index in [1.165, 1.54) is 0 Å². The van der Waals surface area contributed by atoms with Gasteiger partial charge >= 0.3 is 5.97 Å². The third-order valence-corrected chi connectivity index (χ3v) is 5.88. The van der Waals surface area contributed by atoms with Gasteiger partial charge in [-0.2, -0.15) is 0 Å². The molecule has 2 aromatic carbocycles. The van der Waals surface area contributed by atoms with Crippen LogP contribution in [0.25, 0.3) is 10.8 Å². The van der Waals surface area contributed by atoms with E-state index in [-0.39, 0.29) is 18.0 Å². The van der Waals surface area contributed by atoms with Gasteiger partial charge in [-0.05, 0) is 17.9 Å². The van der Waals surface area contributed by atoms with Crippen molar-refractivity contribution in [1.82, 2.24) is 0 Å². The molecule has 2 fully saturated rings. The minimum absolute atomic E-state index is 0.0587. The monoisotopic (exact) mass is 363 g/mol. The van der Waals surface area contributed by atoms with Crippen molar-refractivity contribution in [1.29, 1.82) is 0 Å². The van der Waals surface area contributed by atoms with Gasteiger partial charge in [0.1, 0.15) is 11.5 Å². The molecule has 27 heavy (non-hydrogen) atoms. The van der Waals surface area contributed by atoms with Crippen LogP contribution < -0.4 is 4.90 Å². The lowest BCUT2D eigenvalue weighted by molar-refractivity contribution is -0.152. The molecule has 5 nitrogen and oxygen atoms in total. The zero-order valence-corrected chi connectivity index (χ0v) is 15.1. The summed E-state index contributed by atoms with van der Waals surface area (Å²) in [5.74, 6) is -1.47. The Hall–Kier alpha value is -2.66. The molecule has 1 unspecified atom stereocenters. The van der Waals surface area contributed by atoms with E-state index in [0.29, 0.717) is 13.2 Å². The third kappa shape index (κ3) is 2.28. The molecule has 0 aromatic heterocycles. The Bertz CT molecular complexity index is 962. The van der Waals surface area contributed by atoms with Gasteiger partial charge in [0.05, 0.1) is 30.9 Å². The predicted molar refractivity (Wildman–Crippen MR) is 101 cm³/mol. The van der Waals surface area contributed by atoms with Crippen molar-refractivity contribution in [2.45, 2.75) is 25.0 Å². The molecule has 5 heteroatoms. The van der Waals surface area contributed by atoms with Crippen molar-refractivity contribution in [2.75, 3.05) is 18.1 Å². The van der Waals surface area contributed by atoms with E-state index >= 15 is 0 Å². The summed E-state index contributed by atoms with van der Waals surface area (Å²) in [4.78, 5) is 27.8. The number of anilines is 1. The van der Waals surface area contributed by atoms with E-state index in [2.05, 4.69) is 0 Å². The first kappa shape index (κ1) is 16.5. The van der Waals surface area contributed by atoms with E-state index in [1.54, 1.807) is 4.90 Å². The maximum atomic E-state index is 13.4. The number of hydrogen-bond donors (Lipinski definition) is 0. The summed E-state index contributed by atoms with van der Waals surface area (Å²) in [6.07, 6.45) is 4.27. The molecule has 3 heterocycles. The van der Waals surface area contributed by atoms with Crippen LogP contribution in [0.4, 0.5) is 5.69 Å². The van der Waals surface area contributed by atoms with Crippen LogP contribution in [0, 0.1) is 11.8 Å². The highest BCUT2D eigenvalue weighted by atomic mass is 16.6. The van der Waals surface area contributed by atoms with Crippen molar-refractivity contribution < 1.29 is 19.1 Å². The fourth-order valence-electron chi connectivity index (χ4n) is 4.71. The first-order valence-electron chi connectivity index (χ1n) is 9.47. The summed E-state index contributed by atoms with van der Waals surface area (Å²) >= 11 is 0. The van der Waals surface area contributed by atoms with Gasteiger partial charge in [-0.25, -0.2) is 0 Å². The Morgan fingerprint density at radius 2 is 2.07 bits per heavy atom. The standard InChI is InChI=1S/C22H21NO4/c1-2-12-26-21(25)18-17-10-11-22(27-17)13-23(20(24)19(18)22)16-9-5-7-14-6-3-4-8-15(14)16/h3-11,17-19H,2,12-13H2,1H3/t17-,18?,19-,22+/m0/s1. The molecule has 5 rings (SSSR count). The average Bonchev–Trinajstić information content (AvgIpc) is 3.34. The van der Waals surface area contributed by atoms with Crippen LogP contribution in [0.5, 0.6) is 0 Å². The summed E-state index contributed by atoms with van der Waals surface area (Å²) < 4.78 is 11.5. The van der Waals surface area contributed by atoms with Gasteiger partial charge in [0, 0.05) is 5.39 Å². The van der Waals surface area contributed by atoms with E-state index in [1.807, 2.05) is 61.5 Å². The fourth-order valence-corrected chi connectivity index (χ4v) is 4.71. The number of esters is 1. The second kappa shape index (κ2) is 5.92. The lowest BCUT2D eigenvalue weighted by atomic mass is 9.77. The lowest BCUT2D eigenvalue weighted by Crippen LogP contribution is -2.40. The number of hydrogen-bond acceptors (Lipinski definition) is 4. The van der Waals surface area contributed by atoms with Gasteiger partial charge in [-0.15, -0.1) is 0 Å². The highest BCUT2D eigenvalue weighted by Crippen LogP contribution is 2.53. The van der Waals surface area contributed by atoms with E-state index in [4.69, 9.17) is 9.47 Å². The molecule has 1 amide bonds. The van der Waals surface area contributed by atoms with Crippen LogP contribution in [0.1, 0.15) is 13.3 Å². The second-order valence-corrected chi connectivity index (χ2v) is 7.49. The molecule has 2 aromatic rings. The predicted octanol–water partition coefficient (Wildman–Crippen LogP) is 3.08. The van der Waals surface area contributed by atoms with Crippen molar-refractivity contribution in [2.24, 2.45) is 11.8 Å². The Morgan fingerprint density at radius 3 is 2.93 bits per heavy atom. The van der Waals surface area contributed by atoms with Gasteiger partial charge in [-0.3, -0.25) is 9.59 Å². The summed E-state index contributed by atoms with van der Waals surface area (Å²) in [6.45, 7) is 2.75. The molecule has 1 spiro atoms. The molecule has 0 aliphatic carbocycles. The maximum absolute atomic E-state index is 13.4. The molecule has 3 aliphatic rings. The van der Waals surface area contributed by atoms with Crippen molar-refractivity contribution in [3.8, 4) is 0 Å². The summed E-state index contributed by atoms with van der Waals surface area (Å²) in [5.41, 5.74) is 0.136. The Kier molecular flexibility index (Phi) is 3.62. The molecule has 4 atom stereocenters. The Morgan fingerprint density at radius 1 is 1.26 bits per heavy atom. The molecular weight excluding hydrogens is 342 g/mol. The Labute approximate surface area is 157 Å². The number of benzene rings is 2. The van der Waals surface area contributed by atoms with Crippen molar-refractivity contribution in [3.63, 3.8) is 0 Å². The topological polar surface area (TPSA) is 55.8 Å². The quantitative estimate of drug-likeness (QED) is 0.619. The first-order valence-corrected chi connectivity index (χ1v) is 9.47. The molecule has 0 saturated carbocycles. The molecule has 2 bridgehead atoms. The van der Waals surface area contributed by atoms with Crippen molar-refractivity contribution in [3.05, 3.63) is 54.6 Å². The number of rotatable bonds is 4. The molecule has 0 N–H and O–H groups in total. The number of fused-ring (bicyclic) bond motifs is 2. The third-order valence-electron chi connectivity index (χ3n) is 5.88. The molecular formula is C22H21NO4. The molecule has 0 radical (unpaired) electrons. The van der Waals surface area contributed by atoms with Crippen LogP contribution in [0.2, 0.25) is 0 Å². The first-order chi connectivity index (χ1) is 13.1. The minimum atomic E-state index is -0.728. The van der Waals surface area contributed by atoms with Crippen LogP contribution in [0.3, 0.4) is 0 Å². The van der Waals surface area contributed by atoms with Gasteiger partial charge in [0.25, 0.3) is 0 Å². The van der Waals surface area contributed by atoms with Crippen LogP contribution in [-0.2, 0) is 19.1 Å². The highest BCUT2D eigenvalue weighted by Gasteiger charge is 2.67. The SMILES string of the molecule is CCCOC(=O)C1[C@@H]2C=C[C@]3(CN(c4cccc5ccccc45)C(=O)[C@H]13)O2. The molecule has 3 aliphatic heterocycles. The normalized spacial score (nSPS) is 30.9. The summed E-state index contributed by atoms with van der Waals surface area (Å²) in [7, 11) is 0. The van der Waals surface area contributed by atoms with E-state index < -0.39 is 17.4 Å². The average molecular weight is 363 g/mol. The summed E-state index contributed by atoms with van der Waals surface area (Å²) in [6, 6.07) is 14.0. The number of ether oxygens (including phenoxy) is 2. The zero-order valence-electron chi connectivity index (χ0n) is 15.1. The lowest BCUT2D eigenvalue weighted by Gasteiger charge is -2.22. The second-order valence-electron chi connectivity index (χ2n) is 7.49. The van der Waals surface area contributed by atoms with Crippen LogP contribution in [-0.4, -0.2) is 36.7 Å². The minimum Gasteiger partial charge on any atom is -0.465 e. The smallest absolute Gasteiger partial charge is 0.312 e. The fraction of sp³-hybridized carbons (Fsp3) is 0.364. The largest absolute Gasteiger partial charge is 0.465 e. The van der Waals surface area contributed by atoms with Crippen LogP contribution in [0.15, 0.2) is 54.6 Å². The zero-order chi connectivity index (χ0) is 18.6. The van der Waals surface area contributed by atoms with Gasteiger partial charge in [0.2, 0.25) is 5.91 Å². The number of carbonyl (C=O) groups is 2. The number of carbonyl (C=O) groups excluding carboxylic acids is 2. The number of amides is 1. The number of nitrogens with zero attached hydrogens (tertiary/aromatic N) is 1. The van der Waals surface area contributed by atoms with Crippen LogP contribution >= 0.6 is 0 Å². The van der Waals surface area contributed by atoms with Crippen molar-refractivity contribution >= 4 is 28.3 Å². The summed E-state index contributed by atoms with van der Waals surface area (Å²) in [5, 5.41) is 2.10. The Balaban J connectivity index is 1.53. The van der Waals surface area contributed by atoms with Gasteiger partial charge < -0.3 is 14.4 Å².